The van der Waals surface area contributed by atoms with E-state index in [1.807, 2.05) is 49.4 Å². The molecule has 1 N–H and O–H groups in total. The first kappa shape index (κ1) is 20.0. The van der Waals surface area contributed by atoms with Gasteiger partial charge in [-0.1, -0.05) is 30.3 Å². The number of rotatable bonds is 5. The number of amides is 1. The lowest BCUT2D eigenvalue weighted by Crippen LogP contribution is -2.33. The highest BCUT2D eigenvalue weighted by molar-refractivity contribution is 7.19. The standard InChI is InChI=1S/C24H19N3O4S/c1-14-21(15-6-4-3-5-7-15)22-23(32-14)25-13-27(24(22)29)26-20(28)10-16-12-31-19-11-17(30-2)8-9-18(16)19/h3-9,11-13H,10H2,1-2H3,(H,26,28). The smallest absolute Gasteiger partial charge is 0.281 e. The van der Waals surface area contributed by atoms with E-state index in [1.54, 1.807) is 19.4 Å². The molecule has 0 aliphatic carbocycles. The molecule has 0 aliphatic heterocycles. The van der Waals surface area contributed by atoms with Crippen molar-refractivity contribution in [1.82, 2.24) is 9.66 Å². The highest BCUT2D eigenvalue weighted by Crippen LogP contribution is 2.35. The molecule has 3 aromatic heterocycles. The molecule has 7 nitrogen and oxygen atoms in total. The van der Waals surface area contributed by atoms with Crippen LogP contribution in [0.5, 0.6) is 5.75 Å². The van der Waals surface area contributed by atoms with Crippen LogP contribution in [0, 0.1) is 6.92 Å². The number of furan rings is 1. The van der Waals surface area contributed by atoms with Crippen molar-refractivity contribution < 1.29 is 13.9 Å². The van der Waals surface area contributed by atoms with Crippen molar-refractivity contribution >= 4 is 38.4 Å². The molecule has 0 spiro atoms. The van der Waals surface area contributed by atoms with E-state index in [0.717, 1.165) is 31.6 Å². The number of aromatic nitrogens is 2. The summed E-state index contributed by atoms with van der Waals surface area (Å²) < 4.78 is 11.9. The lowest BCUT2D eigenvalue weighted by molar-refractivity contribution is -0.116. The van der Waals surface area contributed by atoms with Gasteiger partial charge in [0.1, 0.15) is 22.5 Å². The van der Waals surface area contributed by atoms with E-state index in [2.05, 4.69) is 10.4 Å². The Hall–Kier alpha value is -3.91. The van der Waals surface area contributed by atoms with Crippen LogP contribution in [0.2, 0.25) is 0 Å². The van der Waals surface area contributed by atoms with Crippen molar-refractivity contribution in [3.8, 4) is 16.9 Å². The van der Waals surface area contributed by atoms with E-state index in [4.69, 9.17) is 9.15 Å². The third-order valence-corrected chi connectivity index (χ3v) is 6.32. The van der Waals surface area contributed by atoms with Crippen molar-refractivity contribution in [3.05, 3.63) is 81.9 Å². The molecule has 5 rings (SSSR count). The normalized spacial score (nSPS) is 11.2. The second-order valence-corrected chi connectivity index (χ2v) is 8.54. The molecule has 1 amide bonds. The van der Waals surface area contributed by atoms with E-state index in [9.17, 15) is 9.59 Å². The Morgan fingerprint density at radius 3 is 2.81 bits per heavy atom. The Bertz CT molecular complexity index is 1520. The number of hydrogen-bond donors (Lipinski definition) is 1. The zero-order chi connectivity index (χ0) is 22.2. The zero-order valence-electron chi connectivity index (χ0n) is 17.4. The van der Waals surface area contributed by atoms with Gasteiger partial charge in [0.25, 0.3) is 5.56 Å². The predicted octanol–water partition coefficient (Wildman–Crippen LogP) is 4.50. The van der Waals surface area contributed by atoms with Crippen LogP contribution >= 0.6 is 11.3 Å². The average molecular weight is 446 g/mol. The second kappa shape index (κ2) is 7.97. The summed E-state index contributed by atoms with van der Waals surface area (Å²) in [7, 11) is 1.58. The van der Waals surface area contributed by atoms with Crippen molar-refractivity contribution in [3.63, 3.8) is 0 Å². The molecule has 0 saturated heterocycles. The minimum Gasteiger partial charge on any atom is -0.497 e. The molecular weight excluding hydrogens is 426 g/mol. The van der Waals surface area contributed by atoms with E-state index in [0.29, 0.717) is 21.5 Å². The number of methoxy groups -OCH3 is 1. The van der Waals surface area contributed by atoms with Gasteiger partial charge in [-0.3, -0.25) is 15.0 Å². The first-order valence-corrected chi connectivity index (χ1v) is 10.8. The maximum Gasteiger partial charge on any atom is 0.281 e. The van der Waals surface area contributed by atoms with Crippen molar-refractivity contribution in [2.24, 2.45) is 0 Å². The van der Waals surface area contributed by atoms with Gasteiger partial charge in [0.15, 0.2) is 0 Å². The van der Waals surface area contributed by atoms with E-state index < -0.39 is 0 Å². The van der Waals surface area contributed by atoms with Crippen molar-refractivity contribution in [2.45, 2.75) is 13.3 Å². The molecule has 160 valence electrons. The van der Waals surface area contributed by atoms with E-state index in [-0.39, 0.29) is 17.9 Å². The Balaban J connectivity index is 1.46. The fraction of sp³-hybridized carbons (Fsp3) is 0.125. The number of carbonyl (C=O) groups is 1. The monoisotopic (exact) mass is 445 g/mol. The van der Waals surface area contributed by atoms with Crippen LogP contribution in [-0.2, 0) is 11.2 Å². The quantitative estimate of drug-likeness (QED) is 0.430. The van der Waals surface area contributed by atoms with Gasteiger partial charge in [0, 0.05) is 27.5 Å². The molecule has 5 aromatic rings. The molecule has 0 aliphatic rings. The summed E-state index contributed by atoms with van der Waals surface area (Å²) in [5, 5.41) is 1.32. The molecule has 0 atom stereocenters. The van der Waals surface area contributed by atoms with E-state index in [1.165, 1.54) is 17.7 Å². The molecule has 0 unspecified atom stereocenters. The van der Waals surface area contributed by atoms with Gasteiger partial charge >= 0.3 is 0 Å². The summed E-state index contributed by atoms with van der Waals surface area (Å²) in [5.74, 6) is 0.328. The maximum atomic E-state index is 13.2. The van der Waals surface area contributed by atoms with Crippen LogP contribution in [0.15, 0.2) is 70.3 Å². The first-order chi connectivity index (χ1) is 15.5. The third-order valence-electron chi connectivity index (χ3n) is 5.31. The summed E-state index contributed by atoms with van der Waals surface area (Å²) in [4.78, 5) is 32.0. The summed E-state index contributed by atoms with van der Waals surface area (Å²) in [6.07, 6.45) is 2.95. The number of ether oxygens (including phenoxy) is 1. The van der Waals surface area contributed by atoms with Crippen molar-refractivity contribution in [2.75, 3.05) is 12.5 Å². The molecule has 0 fully saturated rings. The zero-order valence-corrected chi connectivity index (χ0v) is 18.2. The van der Waals surface area contributed by atoms with Crippen LogP contribution in [0.1, 0.15) is 10.4 Å². The summed E-state index contributed by atoms with van der Waals surface area (Å²) >= 11 is 1.46. The van der Waals surface area contributed by atoms with Gasteiger partial charge < -0.3 is 9.15 Å². The summed E-state index contributed by atoms with van der Waals surface area (Å²) in [6, 6.07) is 15.1. The number of benzene rings is 2. The SMILES string of the molecule is COc1ccc2c(CC(=O)Nn3cnc4sc(C)c(-c5ccccc5)c4c3=O)coc2c1. The van der Waals surface area contributed by atoms with Gasteiger partial charge in [-0.2, -0.15) is 0 Å². The molecular formula is C24H19N3O4S. The summed E-state index contributed by atoms with van der Waals surface area (Å²) in [5.41, 5.74) is 5.49. The molecule has 32 heavy (non-hydrogen) atoms. The van der Waals surface area contributed by atoms with Gasteiger partial charge in [0.05, 0.1) is 25.2 Å². The Morgan fingerprint density at radius 2 is 2.03 bits per heavy atom. The van der Waals surface area contributed by atoms with Gasteiger partial charge in [-0.15, -0.1) is 11.3 Å². The Kier molecular flexibility index (Phi) is 4.99. The fourth-order valence-corrected chi connectivity index (χ4v) is 4.81. The Labute approximate surface area is 186 Å². The molecule has 0 saturated carbocycles. The highest BCUT2D eigenvalue weighted by atomic mass is 32.1. The van der Waals surface area contributed by atoms with Crippen LogP contribution in [-0.4, -0.2) is 22.7 Å². The molecule has 8 heteroatoms. The fourth-order valence-electron chi connectivity index (χ4n) is 3.81. The minimum atomic E-state index is -0.347. The first-order valence-electron chi connectivity index (χ1n) is 9.95. The lowest BCUT2D eigenvalue weighted by atomic mass is 10.0. The third kappa shape index (κ3) is 3.44. The lowest BCUT2D eigenvalue weighted by Gasteiger charge is -2.08. The van der Waals surface area contributed by atoms with Crippen LogP contribution in [0.25, 0.3) is 32.3 Å². The molecule has 3 heterocycles. The van der Waals surface area contributed by atoms with Crippen LogP contribution in [0.4, 0.5) is 0 Å². The number of aryl methyl sites for hydroxylation is 1. The number of carbonyl (C=O) groups excluding carboxylic acids is 1. The number of hydrogen-bond acceptors (Lipinski definition) is 6. The second-order valence-electron chi connectivity index (χ2n) is 7.33. The number of thiophene rings is 1. The topological polar surface area (TPSA) is 86.4 Å². The largest absolute Gasteiger partial charge is 0.497 e. The van der Waals surface area contributed by atoms with Crippen LogP contribution < -0.4 is 15.7 Å². The van der Waals surface area contributed by atoms with Gasteiger partial charge in [0.2, 0.25) is 5.91 Å². The number of fused-ring (bicyclic) bond motifs is 2. The number of nitrogens with one attached hydrogen (secondary N) is 1. The van der Waals surface area contributed by atoms with Crippen LogP contribution in [0.3, 0.4) is 0 Å². The molecule has 0 radical (unpaired) electrons. The van der Waals surface area contributed by atoms with E-state index >= 15 is 0 Å². The maximum absolute atomic E-state index is 13.2. The number of nitrogens with zero attached hydrogens (tertiary/aromatic N) is 2. The molecule has 2 aromatic carbocycles. The molecule has 0 bridgehead atoms. The van der Waals surface area contributed by atoms with Crippen molar-refractivity contribution in [1.29, 1.82) is 0 Å². The van der Waals surface area contributed by atoms with Gasteiger partial charge in [-0.25, -0.2) is 9.66 Å². The van der Waals surface area contributed by atoms with Gasteiger partial charge in [-0.05, 0) is 24.6 Å². The minimum absolute atomic E-state index is 0.0536. The predicted molar refractivity (Wildman–Crippen MR) is 125 cm³/mol. The Morgan fingerprint density at radius 1 is 1.22 bits per heavy atom. The summed E-state index contributed by atoms with van der Waals surface area (Å²) in [6.45, 7) is 1.97. The average Bonchev–Trinajstić information content (AvgIpc) is 3.36. The highest BCUT2D eigenvalue weighted by Gasteiger charge is 2.18.